The molecule has 1 aromatic rings. The Bertz CT molecular complexity index is 453. The second kappa shape index (κ2) is 5.64. The summed E-state index contributed by atoms with van der Waals surface area (Å²) in [7, 11) is 1.78. The maximum absolute atomic E-state index is 12.1. The molecule has 0 bridgehead atoms. The van der Waals surface area contributed by atoms with Crippen molar-refractivity contribution in [2.75, 3.05) is 7.05 Å². The molecule has 86 valence electrons. The van der Waals surface area contributed by atoms with Gasteiger partial charge in [0.05, 0.1) is 0 Å². The zero-order valence-corrected chi connectivity index (χ0v) is 12.6. The molecule has 0 saturated carbocycles. The number of nitrogens with one attached hydrogen (secondary N) is 1. The van der Waals surface area contributed by atoms with E-state index in [0.29, 0.717) is 11.1 Å². The first-order chi connectivity index (χ1) is 7.49. The largest absolute Gasteiger partial charge is 0.394 e. The smallest absolute Gasteiger partial charge is 0.191 e. The molecule has 0 spiro atoms. The number of rotatable bonds is 3. The summed E-state index contributed by atoms with van der Waals surface area (Å²) in [6, 6.07) is 3.70. The first kappa shape index (κ1) is 13.5. The van der Waals surface area contributed by atoms with Crippen LogP contribution in [0.3, 0.4) is 0 Å². The van der Waals surface area contributed by atoms with E-state index in [0.717, 1.165) is 14.5 Å². The number of Topliss-reactive ketones (excluding diaryl/α,β-unsaturated/α-hetero) is 1. The Balaban J connectivity index is 3.20. The van der Waals surface area contributed by atoms with E-state index in [4.69, 9.17) is 0 Å². The zero-order chi connectivity index (χ0) is 12.3. The minimum atomic E-state index is 0.0248. The van der Waals surface area contributed by atoms with E-state index in [1.54, 1.807) is 20.2 Å². The van der Waals surface area contributed by atoms with Crippen molar-refractivity contribution in [3.8, 4) is 0 Å². The molecule has 0 amide bonds. The summed E-state index contributed by atoms with van der Waals surface area (Å²) in [5, 5.41) is 2.86. The van der Waals surface area contributed by atoms with Gasteiger partial charge in [-0.15, -0.1) is 0 Å². The van der Waals surface area contributed by atoms with E-state index in [9.17, 15) is 4.79 Å². The Hall–Kier alpha value is -0.610. The molecule has 1 N–H and O–H groups in total. The molecule has 16 heavy (non-hydrogen) atoms. The molecule has 0 aliphatic heterocycles. The van der Waals surface area contributed by atoms with Crippen LogP contribution in [-0.2, 0) is 0 Å². The third-order valence-electron chi connectivity index (χ3n) is 2.28. The molecule has 0 aliphatic rings. The minimum absolute atomic E-state index is 0.0248. The maximum Gasteiger partial charge on any atom is 0.191 e. The van der Waals surface area contributed by atoms with Gasteiger partial charge >= 0.3 is 0 Å². The molecule has 2 nitrogen and oxygen atoms in total. The van der Waals surface area contributed by atoms with Gasteiger partial charge in [0.15, 0.2) is 5.78 Å². The molecule has 1 aromatic carbocycles. The Kier molecular flexibility index (Phi) is 4.74. The Morgan fingerprint density at radius 1 is 1.38 bits per heavy atom. The third-order valence-corrected chi connectivity index (χ3v) is 4.16. The van der Waals surface area contributed by atoms with Gasteiger partial charge in [-0.1, -0.05) is 15.9 Å². The quantitative estimate of drug-likeness (QED) is 0.665. The standard InChI is InChI=1S/C12H13Br2NO/c1-7(6-15-3)12(16)9-4-5-10(13)8(2)11(9)14/h4-6,15H,1-3H3/b7-6+. The van der Waals surface area contributed by atoms with E-state index in [1.807, 2.05) is 19.1 Å². The van der Waals surface area contributed by atoms with Crippen molar-refractivity contribution in [1.82, 2.24) is 5.32 Å². The molecule has 0 aromatic heterocycles. The molecule has 0 saturated heterocycles. The van der Waals surface area contributed by atoms with E-state index < -0.39 is 0 Å². The molecular weight excluding hydrogens is 334 g/mol. The van der Waals surface area contributed by atoms with Crippen molar-refractivity contribution < 1.29 is 4.79 Å². The normalized spacial score (nSPS) is 11.4. The van der Waals surface area contributed by atoms with Crippen LogP contribution in [0.25, 0.3) is 0 Å². The van der Waals surface area contributed by atoms with Crippen molar-refractivity contribution in [1.29, 1.82) is 0 Å². The van der Waals surface area contributed by atoms with Gasteiger partial charge in [0.1, 0.15) is 0 Å². The van der Waals surface area contributed by atoms with Crippen LogP contribution in [0, 0.1) is 6.92 Å². The van der Waals surface area contributed by atoms with Gasteiger partial charge in [-0.2, -0.15) is 0 Å². The topological polar surface area (TPSA) is 29.1 Å². The fraction of sp³-hybridized carbons (Fsp3) is 0.250. The van der Waals surface area contributed by atoms with Crippen molar-refractivity contribution in [3.05, 3.63) is 44.0 Å². The maximum atomic E-state index is 12.1. The third kappa shape index (κ3) is 2.74. The van der Waals surface area contributed by atoms with Crippen LogP contribution in [0.5, 0.6) is 0 Å². The van der Waals surface area contributed by atoms with Crippen LogP contribution >= 0.6 is 31.9 Å². The van der Waals surface area contributed by atoms with E-state index in [2.05, 4.69) is 37.2 Å². The van der Waals surface area contributed by atoms with Gasteiger partial charge in [-0.3, -0.25) is 4.79 Å². The van der Waals surface area contributed by atoms with Gasteiger partial charge in [-0.05, 0) is 47.5 Å². The highest BCUT2D eigenvalue weighted by Crippen LogP contribution is 2.29. The molecule has 0 atom stereocenters. The summed E-state index contributed by atoms with van der Waals surface area (Å²) in [5.74, 6) is 0.0248. The first-order valence-electron chi connectivity index (χ1n) is 4.82. The molecule has 0 fully saturated rings. The lowest BCUT2D eigenvalue weighted by molar-refractivity contribution is 0.103. The van der Waals surface area contributed by atoms with E-state index in [-0.39, 0.29) is 5.78 Å². The van der Waals surface area contributed by atoms with Gasteiger partial charge < -0.3 is 5.32 Å². The number of carbonyl (C=O) groups is 1. The molecule has 0 heterocycles. The summed E-state index contributed by atoms with van der Waals surface area (Å²) in [6.45, 7) is 3.75. The number of carbonyl (C=O) groups excluding carboxylic acids is 1. The van der Waals surface area contributed by atoms with Crippen molar-refractivity contribution in [3.63, 3.8) is 0 Å². The van der Waals surface area contributed by atoms with E-state index >= 15 is 0 Å². The van der Waals surface area contributed by atoms with Gasteiger partial charge in [0, 0.05) is 33.3 Å². The average Bonchev–Trinajstić information content (AvgIpc) is 2.26. The molecular formula is C12H13Br2NO. The first-order valence-corrected chi connectivity index (χ1v) is 6.41. The number of allylic oxidation sites excluding steroid dienone is 1. The lowest BCUT2D eigenvalue weighted by Crippen LogP contribution is -2.06. The zero-order valence-electron chi connectivity index (χ0n) is 9.40. The molecule has 0 unspecified atom stereocenters. The Morgan fingerprint density at radius 2 is 2.00 bits per heavy atom. The lowest BCUT2D eigenvalue weighted by atomic mass is 10.0. The number of ketones is 1. The summed E-state index contributed by atoms with van der Waals surface area (Å²) >= 11 is 6.88. The molecule has 1 rings (SSSR count). The van der Waals surface area contributed by atoms with Gasteiger partial charge in [0.25, 0.3) is 0 Å². The fourth-order valence-corrected chi connectivity index (χ4v) is 2.45. The second-order valence-electron chi connectivity index (χ2n) is 3.48. The molecule has 0 radical (unpaired) electrons. The second-order valence-corrected chi connectivity index (χ2v) is 5.13. The van der Waals surface area contributed by atoms with Crippen LogP contribution < -0.4 is 5.32 Å². The summed E-state index contributed by atoms with van der Waals surface area (Å²) in [6.07, 6.45) is 1.70. The van der Waals surface area contributed by atoms with Crippen molar-refractivity contribution in [2.45, 2.75) is 13.8 Å². The van der Waals surface area contributed by atoms with Gasteiger partial charge in [-0.25, -0.2) is 0 Å². The molecule has 0 aliphatic carbocycles. The Morgan fingerprint density at radius 3 is 2.56 bits per heavy atom. The monoisotopic (exact) mass is 345 g/mol. The number of benzene rings is 1. The highest BCUT2D eigenvalue weighted by Gasteiger charge is 2.14. The molecule has 4 heteroatoms. The van der Waals surface area contributed by atoms with Crippen LogP contribution in [-0.4, -0.2) is 12.8 Å². The summed E-state index contributed by atoms with van der Waals surface area (Å²) in [5.41, 5.74) is 2.40. The summed E-state index contributed by atoms with van der Waals surface area (Å²) < 4.78 is 1.84. The SMILES string of the molecule is CN/C=C(\C)C(=O)c1ccc(Br)c(C)c1Br. The predicted octanol–water partition coefficient (Wildman–Crippen LogP) is 3.83. The summed E-state index contributed by atoms with van der Waals surface area (Å²) in [4.78, 5) is 12.1. The van der Waals surface area contributed by atoms with Crippen molar-refractivity contribution >= 4 is 37.6 Å². The highest BCUT2D eigenvalue weighted by atomic mass is 79.9. The predicted molar refractivity (Wildman–Crippen MR) is 73.7 cm³/mol. The van der Waals surface area contributed by atoms with Crippen LogP contribution in [0.15, 0.2) is 32.9 Å². The lowest BCUT2D eigenvalue weighted by Gasteiger charge is -2.08. The minimum Gasteiger partial charge on any atom is -0.394 e. The Labute approximate surface area is 112 Å². The highest BCUT2D eigenvalue weighted by molar-refractivity contribution is 9.11. The van der Waals surface area contributed by atoms with Crippen LogP contribution in [0.2, 0.25) is 0 Å². The number of halogens is 2. The number of hydrogen-bond donors (Lipinski definition) is 1. The average molecular weight is 347 g/mol. The van der Waals surface area contributed by atoms with Gasteiger partial charge in [0.2, 0.25) is 0 Å². The fourth-order valence-electron chi connectivity index (χ4n) is 1.33. The van der Waals surface area contributed by atoms with E-state index in [1.165, 1.54) is 0 Å². The van der Waals surface area contributed by atoms with Crippen molar-refractivity contribution in [2.24, 2.45) is 0 Å². The number of hydrogen-bond acceptors (Lipinski definition) is 2. The van der Waals surface area contributed by atoms with Crippen LogP contribution in [0.4, 0.5) is 0 Å². The van der Waals surface area contributed by atoms with Crippen LogP contribution in [0.1, 0.15) is 22.8 Å².